The number of carbonyl (C=O) groups is 1. The van der Waals surface area contributed by atoms with E-state index >= 15 is 0 Å². The molecular weight excluding hydrogens is 485 g/mol. The lowest BCUT2D eigenvalue weighted by Crippen LogP contribution is -2.41. The Hall–Kier alpha value is -3.99. The molecule has 0 bridgehead atoms. The number of hydrogen-bond acceptors (Lipinski definition) is 6. The second-order valence-electron chi connectivity index (χ2n) is 9.06. The Morgan fingerprint density at radius 2 is 1.78 bits per heavy atom. The molecule has 1 amide bonds. The highest BCUT2D eigenvalue weighted by Gasteiger charge is 2.22. The highest BCUT2D eigenvalue weighted by atomic mass is 19.1. The van der Waals surface area contributed by atoms with Crippen molar-refractivity contribution in [2.75, 3.05) is 31.6 Å². The molecule has 1 aliphatic rings. The molecule has 0 atom stereocenters. The number of morpholine rings is 1. The molecule has 5 rings (SSSR count). The van der Waals surface area contributed by atoms with Gasteiger partial charge in [-0.05, 0) is 51.1 Å². The summed E-state index contributed by atoms with van der Waals surface area (Å²) in [6.45, 7) is 7.30. The molecule has 0 spiro atoms. The SMILES string of the molecule is Cc1nc2c(F)cc(-c3nc(Nc4ccc(C(=O)N5CCOCC5)c(F)c4)ncc3F)cc2n1C(C)C. The number of amides is 1. The maximum absolute atomic E-state index is 14.9. The molecule has 11 heteroatoms. The largest absolute Gasteiger partial charge is 0.378 e. The minimum Gasteiger partial charge on any atom is -0.378 e. The zero-order valence-corrected chi connectivity index (χ0v) is 20.6. The molecule has 0 aliphatic carbocycles. The summed E-state index contributed by atoms with van der Waals surface area (Å²) in [6, 6.07) is 6.87. The Morgan fingerprint density at radius 3 is 2.49 bits per heavy atom. The summed E-state index contributed by atoms with van der Waals surface area (Å²) in [4.78, 5) is 26.6. The molecule has 1 N–H and O–H groups in total. The smallest absolute Gasteiger partial charge is 0.256 e. The summed E-state index contributed by atoms with van der Waals surface area (Å²) in [6.07, 6.45) is 0.963. The van der Waals surface area contributed by atoms with Gasteiger partial charge in [-0.25, -0.2) is 28.1 Å². The van der Waals surface area contributed by atoms with E-state index in [1.807, 2.05) is 18.4 Å². The van der Waals surface area contributed by atoms with E-state index in [2.05, 4.69) is 20.3 Å². The number of anilines is 2. The van der Waals surface area contributed by atoms with E-state index in [4.69, 9.17) is 4.74 Å². The minimum atomic E-state index is -0.741. The number of halogens is 3. The van der Waals surface area contributed by atoms with Crippen LogP contribution in [0.1, 0.15) is 36.1 Å². The van der Waals surface area contributed by atoms with Gasteiger partial charge in [-0.3, -0.25) is 4.79 Å². The van der Waals surface area contributed by atoms with E-state index in [0.29, 0.717) is 37.6 Å². The third kappa shape index (κ3) is 4.74. The first-order valence-corrected chi connectivity index (χ1v) is 11.9. The third-order valence-electron chi connectivity index (χ3n) is 6.21. The maximum Gasteiger partial charge on any atom is 0.256 e. The zero-order chi connectivity index (χ0) is 26.3. The number of ether oxygens (including phenoxy) is 1. The molecule has 8 nitrogen and oxygen atoms in total. The van der Waals surface area contributed by atoms with E-state index in [-0.39, 0.29) is 40.0 Å². The van der Waals surface area contributed by atoms with Crippen molar-refractivity contribution < 1.29 is 22.7 Å². The lowest BCUT2D eigenvalue weighted by molar-refractivity contribution is 0.0300. The number of carbonyl (C=O) groups excluding carboxylic acids is 1. The van der Waals surface area contributed by atoms with Gasteiger partial charge in [0, 0.05) is 30.4 Å². The number of nitrogens with zero attached hydrogens (tertiary/aromatic N) is 5. The number of fused-ring (bicyclic) bond motifs is 1. The van der Waals surface area contributed by atoms with Crippen molar-refractivity contribution in [2.45, 2.75) is 26.8 Å². The van der Waals surface area contributed by atoms with Crippen molar-refractivity contribution in [3.05, 3.63) is 65.4 Å². The maximum atomic E-state index is 14.9. The number of aryl methyl sites for hydroxylation is 1. The van der Waals surface area contributed by atoms with Crippen molar-refractivity contribution in [3.63, 3.8) is 0 Å². The van der Waals surface area contributed by atoms with E-state index in [9.17, 15) is 18.0 Å². The second-order valence-corrected chi connectivity index (χ2v) is 9.06. The van der Waals surface area contributed by atoms with Crippen molar-refractivity contribution in [1.82, 2.24) is 24.4 Å². The van der Waals surface area contributed by atoms with Gasteiger partial charge >= 0.3 is 0 Å². The molecule has 0 unspecified atom stereocenters. The molecule has 1 saturated heterocycles. The average Bonchev–Trinajstić information content (AvgIpc) is 3.22. The standard InChI is InChI=1S/C26H25F3N6O2/c1-14(2)35-15(3)31-24-20(28)10-16(11-22(24)35)23-21(29)13-30-26(33-23)32-17-4-5-18(19(27)12-17)25(36)34-6-8-37-9-7-34/h4-5,10-14H,6-9H2,1-3H3,(H,30,32,33). The number of nitrogens with one attached hydrogen (secondary N) is 1. The molecule has 3 heterocycles. The van der Waals surface area contributed by atoms with Gasteiger partial charge in [-0.15, -0.1) is 0 Å². The van der Waals surface area contributed by atoms with Gasteiger partial charge in [-0.1, -0.05) is 0 Å². The van der Waals surface area contributed by atoms with Crippen molar-refractivity contribution in [1.29, 1.82) is 0 Å². The predicted molar refractivity (Wildman–Crippen MR) is 132 cm³/mol. The number of aromatic nitrogens is 4. The Kier molecular flexibility index (Phi) is 6.55. The first kappa shape index (κ1) is 24.7. The summed E-state index contributed by atoms with van der Waals surface area (Å²) in [7, 11) is 0. The highest BCUT2D eigenvalue weighted by molar-refractivity contribution is 5.95. The van der Waals surface area contributed by atoms with Gasteiger partial charge < -0.3 is 19.5 Å². The Balaban J connectivity index is 1.44. The van der Waals surface area contributed by atoms with Crippen LogP contribution in [0.25, 0.3) is 22.3 Å². The Morgan fingerprint density at radius 1 is 1.03 bits per heavy atom. The van der Waals surface area contributed by atoms with Crippen LogP contribution in [0.5, 0.6) is 0 Å². The molecule has 4 aromatic rings. The topological polar surface area (TPSA) is 85.2 Å². The zero-order valence-electron chi connectivity index (χ0n) is 20.6. The summed E-state index contributed by atoms with van der Waals surface area (Å²) >= 11 is 0. The van der Waals surface area contributed by atoms with Crippen LogP contribution in [0.4, 0.5) is 24.8 Å². The van der Waals surface area contributed by atoms with Crippen LogP contribution < -0.4 is 5.32 Å². The normalized spacial score (nSPS) is 14.0. The fourth-order valence-corrected chi connectivity index (χ4v) is 4.52. The second kappa shape index (κ2) is 9.81. The van der Waals surface area contributed by atoms with Gasteiger partial charge in [0.05, 0.1) is 30.5 Å². The fraction of sp³-hybridized carbons (Fsp3) is 0.308. The van der Waals surface area contributed by atoms with Crippen LogP contribution in [0.2, 0.25) is 0 Å². The Labute approximate surface area is 211 Å². The summed E-state index contributed by atoms with van der Waals surface area (Å²) < 4.78 is 51.6. The van der Waals surface area contributed by atoms with Gasteiger partial charge in [-0.2, -0.15) is 0 Å². The van der Waals surface area contributed by atoms with E-state index < -0.39 is 23.4 Å². The number of imidazole rings is 1. The van der Waals surface area contributed by atoms with Crippen molar-refractivity contribution >= 4 is 28.6 Å². The third-order valence-corrected chi connectivity index (χ3v) is 6.21. The molecule has 2 aromatic carbocycles. The summed E-state index contributed by atoms with van der Waals surface area (Å²) in [5.41, 5.74) is 1.03. The van der Waals surface area contributed by atoms with Crippen LogP contribution in [0.3, 0.4) is 0 Å². The van der Waals surface area contributed by atoms with E-state index in [1.54, 1.807) is 13.0 Å². The summed E-state index contributed by atoms with van der Waals surface area (Å²) in [5.74, 6) is -1.84. The quantitative estimate of drug-likeness (QED) is 0.406. The molecule has 192 valence electrons. The van der Waals surface area contributed by atoms with Crippen LogP contribution in [-0.4, -0.2) is 56.6 Å². The average molecular weight is 511 g/mol. The molecule has 37 heavy (non-hydrogen) atoms. The number of hydrogen-bond donors (Lipinski definition) is 1. The van der Waals surface area contributed by atoms with Crippen LogP contribution in [0, 0.1) is 24.4 Å². The monoisotopic (exact) mass is 510 g/mol. The molecule has 0 saturated carbocycles. The molecule has 1 fully saturated rings. The minimum absolute atomic E-state index is 0.0140. The molecular formula is C26H25F3N6O2. The lowest BCUT2D eigenvalue weighted by Gasteiger charge is -2.27. The van der Waals surface area contributed by atoms with Gasteiger partial charge in [0.2, 0.25) is 5.95 Å². The highest BCUT2D eigenvalue weighted by Crippen LogP contribution is 2.30. The fourth-order valence-electron chi connectivity index (χ4n) is 4.52. The van der Waals surface area contributed by atoms with Crippen molar-refractivity contribution in [3.8, 4) is 11.3 Å². The van der Waals surface area contributed by atoms with Crippen molar-refractivity contribution in [2.24, 2.45) is 0 Å². The molecule has 2 aromatic heterocycles. The van der Waals surface area contributed by atoms with Gasteiger partial charge in [0.15, 0.2) is 11.6 Å². The van der Waals surface area contributed by atoms with E-state index in [0.717, 1.165) is 12.3 Å². The van der Waals surface area contributed by atoms with Crippen LogP contribution >= 0.6 is 0 Å². The first-order chi connectivity index (χ1) is 17.7. The van der Waals surface area contributed by atoms with Crippen LogP contribution in [0.15, 0.2) is 36.5 Å². The molecule has 0 radical (unpaired) electrons. The lowest BCUT2D eigenvalue weighted by atomic mass is 10.1. The first-order valence-electron chi connectivity index (χ1n) is 11.9. The van der Waals surface area contributed by atoms with E-state index in [1.165, 1.54) is 23.1 Å². The Bertz CT molecular complexity index is 1500. The number of rotatable bonds is 5. The predicted octanol–water partition coefficient (Wildman–Crippen LogP) is 5.02. The van der Waals surface area contributed by atoms with Gasteiger partial charge in [0.1, 0.15) is 22.9 Å². The van der Waals surface area contributed by atoms with Gasteiger partial charge in [0.25, 0.3) is 5.91 Å². The molecule has 1 aliphatic heterocycles. The number of benzene rings is 2. The summed E-state index contributed by atoms with van der Waals surface area (Å²) in [5, 5.41) is 2.83. The van der Waals surface area contributed by atoms with Crippen LogP contribution in [-0.2, 0) is 4.74 Å².